The molecule has 0 bridgehead atoms. The molecule has 18 heavy (non-hydrogen) atoms. The second-order valence-corrected chi connectivity index (χ2v) is 3.82. The molecule has 98 valence electrons. The molecule has 0 radical (unpaired) electrons. The van der Waals surface area contributed by atoms with Crippen LogP contribution in [0.3, 0.4) is 0 Å². The molecule has 0 spiro atoms. The van der Waals surface area contributed by atoms with Crippen LogP contribution in [0.4, 0.5) is 5.69 Å². The summed E-state index contributed by atoms with van der Waals surface area (Å²) >= 11 is 5.49. The fraction of sp³-hybridized carbons (Fsp3) is 0.364. The van der Waals surface area contributed by atoms with Gasteiger partial charge in [0.2, 0.25) is 0 Å². The third-order valence-corrected chi connectivity index (χ3v) is 2.50. The number of hydrogen-bond donors (Lipinski definition) is 1. The van der Waals surface area contributed by atoms with Crippen molar-refractivity contribution in [2.45, 2.75) is 6.42 Å². The van der Waals surface area contributed by atoms with Crippen LogP contribution in [-0.2, 0) is 0 Å². The summed E-state index contributed by atoms with van der Waals surface area (Å²) < 4.78 is 4.88. The largest absolute Gasteiger partial charge is 0.490 e. The zero-order valence-corrected chi connectivity index (χ0v) is 10.6. The molecule has 7 heteroatoms. The number of nitrogens with zero attached hydrogens (tertiary/aromatic N) is 1. The van der Waals surface area contributed by atoms with Crippen molar-refractivity contribution in [2.75, 3.05) is 19.5 Å². The molecule has 0 saturated heterocycles. The zero-order valence-electron chi connectivity index (χ0n) is 9.81. The van der Waals surface area contributed by atoms with Gasteiger partial charge in [0.15, 0.2) is 5.75 Å². The molecule has 0 aliphatic carbocycles. The molecule has 0 saturated carbocycles. The second kappa shape index (κ2) is 6.80. The maximum absolute atomic E-state index is 11.7. The summed E-state index contributed by atoms with van der Waals surface area (Å²) in [5, 5.41) is 13.3. The van der Waals surface area contributed by atoms with Crippen molar-refractivity contribution in [1.82, 2.24) is 5.32 Å². The number of carbonyl (C=O) groups is 1. The van der Waals surface area contributed by atoms with E-state index >= 15 is 0 Å². The minimum atomic E-state index is -0.561. The predicted octanol–water partition coefficient (Wildman–Crippen LogP) is 1.96. The molecule has 1 amide bonds. The highest BCUT2D eigenvalue weighted by molar-refractivity contribution is 6.17. The van der Waals surface area contributed by atoms with E-state index in [9.17, 15) is 14.9 Å². The van der Waals surface area contributed by atoms with Crippen LogP contribution in [0, 0.1) is 10.1 Å². The number of nitro benzene ring substituents is 1. The first-order valence-corrected chi connectivity index (χ1v) is 5.80. The van der Waals surface area contributed by atoms with E-state index in [4.69, 9.17) is 16.3 Å². The first-order valence-electron chi connectivity index (χ1n) is 5.26. The molecule has 1 N–H and O–H groups in total. The van der Waals surface area contributed by atoms with Crippen molar-refractivity contribution in [3.8, 4) is 5.75 Å². The van der Waals surface area contributed by atoms with Crippen molar-refractivity contribution in [1.29, 1.82) is 0 Å². The van der Waals surface area contributed by atoms with E-state index in [-0.39, 0.29) is 17.3 Å². The Morgan fingerprint density at radius 2 is 2.28 bits per heavy atom. The third-order valence-electron chi connectivity index (χ3n) is 2.23. The molecule has 1 rings (SSSR count). The van der Waals surface area contributed by atoms with Gasteiger partial charge in [-0.3, -0.25) is 14.9 Å². The van der Waals surface area contributed by atoms with Gasteiger partial charge in [0.25, 0.3) is 5.91 Å². The predicted molar refractivity (Wildman–Crippen MR) is 67.3 cm³/mol. The number of halogens is 1. The van der Waals surface area contributed by atoms with E-state index in [0.717, 1.165) is 0 Å². The van der Waals surface area contributed by atoms with Crippen molar-refractivity contribution < 1.29 is 14.5 Å². The highest BCUT2D eigenvalue weighted by atomic mass is 35.5. The van der Waals surface area contributed by atoms with Crippen LogP contribution in [0.15, 0.2) is 18.2 Å². The van der Waals surface area contributed by atoms with Crippen LogP contribution in [0.25, 0.3) is 0 Å². The van der Waals surface area contributed by atoms with E-state index in [0.29, 0.717) is 24.4 Å². The number of carbonyl (C=O) groups excluding carboxylic acids is 1. The quantitative estimate of drug-likeness (QED) is 0.371. The van der Waals surface area contributed by atoms with Crippen LogP contribution < -0.4 is 10.1 Å². The zero-order chi connectivity index (χ0) is 13.5. The van der Waals surface area contributed by atoms with Gasteiger partial charge in [-0.25, -0.2) is 0 Å². The molecular formula is C11H13ClN2O4. The Kier molecular flexibility index (Phi) is 5.38. The smallest absolute Gasteiger partial charge is 0.310 e. The fourth-order valence-corrected chi connectivity index (χ4v) is 1.47. The monoisotopic (exact) mass is 272 g/mol. The van der Waals surface area contributed by atoms with Crippen molar-refractivity contribution in [2.24, 2.45) is 0 Å². The minimum absolute atomic E-state index is 0.0602. The highest BCUT2D eigenvalue weighted by Crippen LogP contribution is 2.27. The molecule has 0 fully saturated rings. The maximum atomic E-state index is 11.7. The van der Waals surface area contributed by atoms with Gasteiger partial charge < -0.3 is 10.1 Å². The average molecular weight is 273 g/mol. The normalized spacial score (nSPS) is 9.89. The Bertz CT molecular complexity index is 451. The molecule has 0 heterocycles. The van der Waals surface area contributed by atoms with Crippen LogP contribution >= 0.6 is 11.6 Å². The highest BCUT2D eigenvalue weighted by Gasteiger charge is 2.17. The first kappa shape index (κ1) is 14.2. The average Bonchev–Trinajstić information content (AvgIpc) is 2.37. The summed E-state index contributed by atoms with van der Waals surface area (Å²) in [4.78, 5) is 21.8. The summed E-state index contributed by atoms with van der Waals surface area (Å²) in [7, 11) is 1.32. The lowest BCUT2D eigenvalue weighted by Crippen LogP contribution is -2.24. The fourth-order valence-electron chi connectivity index (χ4n) is 1.34. The molecule has 0 aliphatic rings. The van der Waals surface area contributed by atoms with E-state index in [2.05, 4.69) is 5.32 Å². The molecule has 1 aromatic carbocycles. The maximum Gasteiger partial charge on any atom is 0.310 e. The van der Waals surface area contributed by atoms with Gasteiger partial charge >= 0.3 is 5.69 Å². The summed E-state index contributed by atoms with van der Waals surface area (Å²) in [6.45, 7) is 0.460. The van der Waals surface area contributed by atoms with Crippen LogP contribution in [0.2, 0.25) is 0 Å². The third kappa shape index (κ3) is 3.59. The number of ether oxygens (including phenoxy) is 1. The Morgan fingerprint density at radius 3 is 2.83 bits per heavy atom. The summed E-state index contributed by atoms with van der Waals surface area (Å²) in [5.74, 6) is 0.211. The van der Waals surface area contributed by atoms with Gasteiger partial charge in [0, 0.05) is 30.1 Å². The number of benzene rings is 1. The molecule has 0 aromatic heterocycles. The Hall–Kier alpha value is -1.82. The molecule has 0 atom stereocenters. The van der Waals surface area contributed by atoms with Crippen LogP contribution in [0.1, 0.15) is 16.8 Å². The molecular weight excluding hydrogens is 260 g/mol. The van der Waals surface area contributed by atoms with Gasteiger partial charge in [-0.2, -0.15) is 0 Å². The van der Waals surface area contributed by atoms with Crippen molar-refractivity contribution in [3.05, 3.63) is 33.9 Å². The number of methoxy groups -OCH3 is 1. The first-order chi connectivity index (χ1) is 8.60. The number of hydrogen-bond acceptors (Lipinski definition) is 4. The lowest BCUT2D eigenvalue weighted by atomic mass is 10.1. The van der Waals surface area contributed by atoms with Gasteiger partial charge in [-0.15, -0.1) is 11.6 Å². The van der Waals surface area contributed by atoms with Gasteiger partial charge in [0.05, 0.1) is 12.0 Å². The lowest BCUT2D eigenvalue weighted by Gasteiger charge is -2.06. The Labute approximate surface area is 109 Å². The summed E-state index contributed by atoms with van der Waals surface area (Å²) in [6, 6.07) is 3.97. The van der Waals surface area contributed by atoms with Crippen LogP contribution in [-0.4, -0.2) is 30.4 Å². The van der Waals surface area contributed by atoms with Crippen LogP contribution in [0.5, 0.6) is 5.75 Å². The molecule has 0 unspecified atom stereocenters. The molecule has 1 aromatic rings. The second-order valence-electron chi connectivity index (χ2n) is 3.44. The van der Waals surface area contributed by atoms with E-state index < -0.39 is 4.92 Å². The van der Waals surface area contributed by atoms with Gasteiger partial charge in [-0.05, 0) is 12.5 Å². The van der Waals surface area contributed by atoms with E-state index in [1.165, 1.54) is 25.3 Å². The SMILES string of the molecule is COc1cc(C(=O)NCCCCl)ccc1[N+](=O)[O-]. The van der Waals surface area contributed by atoms with Gasteiger partial charge in [-0.1, -0.05) is 0 Å². The minimum Gasteiger partial charge on any atom is -0.490 e. The topological polar surface area (TPSA) is 81.5 Å². The Morgan fingerprint density at radius 1 is 1.56 bits per heavy atom. The lowest BCUT2D eigenvalue weighted by molar-refractivity contribution is -0.385. The van der Waals surface area contributed by atoms with E-state index in [1.54, 1.807) is 0 Å². The molecule has 6 nitrogen and oxygen atoms in total. The van der Waals surface area contributed by atoms with Gasteiger partial charge in [0.1, 0.15) is 0 Å². The van der Waals surface area contributed by atoms with Crippen molar-refractivity contribution >= 4 is 23.2 Å². The summed E-state index contributed by atoms with van der Waals surface area (Å²) in [6.07, 6.45) is 0.664. The number of alkyl halides is 1. The van der Waals surface area contributed by atoms with E-state index in [1.807, 2.05) is 0 Å². The number of rotatable bonds is 6. The number of nitrogens with one attached hydrogen (secondary N) is 1. The number of amides is 1. The standard InChI is InChI=1S/C11H13ClN2O4/c1-18-10-7-8(3-4-9(10)14(16)17)11(15)13-6-2-5-12/h3-4,7H,2,5-6H2,1H3,(H,13,15). The van der Waals surface area contributed by atoms with Crippen molar-refractivity contribution in [3.63, 3.8) is 0 Å². The molecule has 0 aliphatic heterocycles. The number of nitro groups is 1. The summed E-state index contributed by atoms with van der Waals surface area (Å²) in [5.41, 5.74) is 0.141. The Balaban J connectivity index is 2.85.